The van der Waals surface area contributed by atoms with E-state index in [1.807, 2.05) is 13.0 Å². The molecule has 1 aromatic carbocycles. The minimum atomic E-state index is -2.45. The van der Waals surface area contributed by atoms with Crippen LogP contribution in [0.25, 0.3) is 0 Å². The topological polar surface area (TPSA) is 24.9 Å². The third-order valence-electron chi connectivity index (χ3n) is 2.71. The molecule has 0 fully saturated rings. The first-order valence-electron chi connectivity index (χ1n) is 5.79. The van der Waals surface area contributed by atoms with E-state index in [1.54, 1.807) is 18.3 Å². The second kappa shape index (κ2) is 5.97. The van der Waals surface area contributed by atoms with Crippen LogP contribution in [0.5, 0.6) is 0 Å². The summed E-state index contributed by atoms with van der Waals surface area (Å²) in [6, 6.07) is 8.21. The normalized spacial score (nSPS) is 10.8. The molecule has 0 saturated heterocycles. The van der Waals surface area contributed by atoms with Gasteiger partial charge in [-0.15, -0.1) is 0 Å². The molecule has 19 heavy (non-hydrogen) atoms. The Morgan fingerprint density at radius 1 is 1.32 bits per heavy atom. The van der Waals surface area contributed by atoms with E-state index in [2.05, 4.69) is 10.3 Å². The largest absolute Gasteiger partial charge is 0.380 e. The quantitative estimate of drug-likeness (QED) is 0.830. The molecule has 1 N–H and O–H groups in total. The molecule has 2 nitrogen and oxygen atoms in total. The van der Waals surface area contributed by atoms with Crippen molar-refractivity contribution in [2.24, 2.45) is 0 Å². The number of halogens is 3. The van der Waals surface area contributed by atoms with Gasteiger partial charge in [-0.05, 0) is 30.2 Å². The van der Waals surface area contributed by atoms with E-state index >= 15 is 0 Å². The van der Waals surface area contributed by atoms with Crippen LogP contribution in [-0.4, -0.2) is 4.98 Å². The van der Waals surface area contributed by atoms with Crippen molar-refractivity contribution in [1.82, 2.24) is 4.98 Å². The minimum Gasteiger partial charge on any atom is -0.380 e. The highest BCUT2D eigenvalue weighted by Gasteiger charge is 2.07. The van der Waals surface area contributed by atoms with Gasteiger partial charge in [0.25, 0.3) is 6.43 Å². The van der Waals surface area contributed by atoms with Gasteiger partial charge in [0.15, 0.2) is 0 Å². The number of aromatic nitrogens is 1. The van der Waals surface area contributed by atoms with Gasteiger partial charge >= 0.3 is 0 Å². The highest BCUT2D eigenvalue weighted by Crippen LogP contribution is 2.20. The second-order valence-corrected chi connectivity index (χ2v) is 4.59. The van der Waals surface area contributed by atoms with Crippen LogP contribution in [0, 0.1) is 6.92 Å². The first-order chi connectivity index (χ1) is 9.06. The van der Waals surface area contributed by atoms with E-state index in [9.17, 15) is 8.78 Å². The molecule has 0 saturated carbocycles. The Bertz CT molecular complexity index is 573. The fourth-order valence-electron chi connectivity index (χ4n) is 1.70. The van der Waals surface area contributed by atoms with Crippen molar-refractivity contribution in [3.8, 4) is 0 Å². The van der Waals surface area contributed by atoms with Crippen LogP contribution in [0.15, 0.2) is 36.5 Å². The van der Waals surface area contributed by atoms with Crippen molar-refractivity contribution in [1.29, 1.82) is 0 Å². The number of hydrogen-bond donors (Lipinski definition) is 1. The second-order valence-electron chi connectivity index (χ2n) is 4.23. The predicted molar refractivity (Wildman–Crippen MR) is 72.7 cm³/mol. The molecule has 0 unspecified atom stereocenters. The van der Waals surface area contributed by atoms with Gasteiger partial charge in [0.05, 0.1) is 11.9 Å². The lowest BCUT2D eigenvalue weighted by Gasteiger charge is -2.09. The van der Waals surface area contributed by atoms with Crippen LogP contribution >= 0.6 is 11.6 Å². The maximum atomic E-state index is 12.6. The Morgan fingerprint density at radius 3 is 2.79 bits per heavy atom. The molecule has 0 atom stereocenters. The molecule has 0 aliphatic carbocycles. The lowest BCUT2D eigenvalue weighted by Crippen LogP contribution is -2.01. The minimum absolute atomic E-state index is 0.0321. The summed E-state index contributed by atoms with van der Waals surface area (Å²) in [5.74, 6) is 0. The van der Waals surface area contributed by atoms with E-state index in [-0.39, 0.29) is 5.56 Å². The number of pyridine rings is 1. The maximum Gasteiger partial charge on any atom is 0.263 e. The highest BCUT2D eigenvalue weighted by atomic mass is 35.5. The highest BCUT2D eigenvalue weighted by molar-refractivity contribution is 6.30. The average molecular weight is 283 g/mol. The van der Waals surface area contributed by atoms with Crippen LogP contribution in [-0.2, 0) is 6.54 Å². The summed E-state index contributed by atoms with van der Waals surface area (Å²) < 4.78 is 25.1. The van der Waals surface area contributed by atoms with Crippen LogP contribution in [0.2, 0.25) is 5.15 Å². The van der Waals surface area contributed by atoms with Crippen molar-refractivity contribution >= 4 is 17.3 Å². The number of nitrogens with one attached hydrogen (secondary N) is 1. The number of alkyl halides is 2. The molecule has 0 aliphatic rings. The Kier molecular flexibility index (Phi) is 4.32. The first-order valence-corrected chi connectivity index (χ1v) is 6.17. The fourth-order valence-corrected chi connectivity index (χ4v) is 1.80. The van der Waals surface area contributed by atoms with Gasteiger partial charge in [0.1, 0.15) is 5.15 Å². The van der Waals surface area contributed by atoms with Gasteiger partial charge in [-0.1, -0.05) is 29.8 Å². The van der Waals surface area contributed by atoms with Crippen LogP contribution in [0.1, 0.15) is 23.1 Å². The van der Waals surface area contributed by atoms with E-state index in [0.29, 0.717) is 11.7 Å². The molecule has 5 heteroatoms. The summed E-state index contributed by atoms with van der Waals surface area (Å²) in [5.41, 5.74) is 2.51. The molecule has 0 amide bonds. The fraction of sp³-hybridized carbons (Fsp3) is 0.214. The van der Waals surface area contributed by atoms with E-state index < -0.39 is 6.43 Å². The smallest absolute Gasteiger partial charge is 0.263 e. The Balaban J connectivity index is 2.05. The molecule has 1 aromatic heterocycles. The zero-order valence-corrected chi connectivity index (χ0v) is 11.1. The number of hydrogen-bond acceptors (Lipinski definition) is 2. The lowest BCUT2D eigenvalue weighted by atomic mass is 10.1. The number of anilines is 1. The van der Waals surface area contributed by atoms with Gasteiger partial charge in [-0.3, -0.25) is 0 Å². The number of rotatable bonds is 4. The Hall–Kier alpha value is -1.68. The summed E-state index contributed by atoms with van der Waals surface area (Å²) in [6.45, 7) is 2.32. The average Bonchev–Trinajstić information content (AvgIpc) is 2.40. The molecule has 0 spiro atoms. The van der Waals surface area contributed by atoms with Gasteiger partial charge in [0.2, 0.25) is 0 Å². The molecule has 2 rings (SSSR count). The number of nitrogens with zero attached hydrogens (tertiary/aromatic N) is 1. The SMILES string of the molecule is Cc1cc(NCc2cccc(C(F)F)c2)cnc1Cl. The molecule has 2 aromatic rings. The third-order valence-corrected chi connectivity index (χ3v) is 3.11. The lowest BCUT2D eigenvalue weighted by molar-refractivity contribution is 0.151. The van der Waals surface area contributed by atoms with E-state index in [4.69, 9.17) is 11.6 Å². The molecular weight excluding hydrogens is 270 g/mol. The zero-order valence-electron chi connectivity index (χ0n) is 10.3. The molecule has 0 bridgehead atoms. The van der Waals surface area contributed by atoms with E-state index in [0.717, 1.165) is 16.8 Å². The maximum absolute atomic E-state index is 12.6. The van der Waals surface area contributed by atoms with Crippen molar-refractivity contribution in [2.75, 3.05) is 5.32 Å². The number of benzene rings is 1. The van der Waals surface area contributed by atoms with Crippen molar-refractivity contribution in [3.05, 3.63) is 58.4 Å². The summed E-state index contributed by atoms with van der Waals surface area (Å²) >= 11 is 5.83. The summed E-state index contributed by atoms with van der Waals surface area (Å²) in [7, 11) is 0. The third kappa shape index (κ3) is 3.64. The molecule has 100 valence electrons. The Labute approximate surface area is 115 Å². The number of aryl methyl sites for hydroxylation is 1. The first kappa shape index (κ1) is 13.7. The summed E-state index contributed by atoms with van der Waals surface area (Å²) in [4.78, 5) is 4.02. The Morgan fingerprint density at radius 2 is 2.11 bits per heavy atom. The molecule has 0 radical (unpaired) electrons. The van der Waals surface area contributed by atoms with Crippen LogP contribution < -0.4 is 5.32 Å². The van der Waals surface area contributed by atoms with Gasteiger partial charge in [-0.2, -0.15) is 0 Å². The van der Waals surface area contributed by atoms with Crippen molar-refractivity contribution in [2.45, 2.75) is 19.9 Å². The van der Waals surface area contributed by atoms with E-state index in [1.165, 1.54) is 12.1 Å². The summed E-state index contributed by atoms with van der Waals surface area (Å²) in [5, 5.41) is 3.59. The molecule has 1 heterocycles. The molecular formula is C14H13ClF2N2. The van der Waals surface area contributed by atoms with Crippen LogP contribution in [0.4, 0.5) is 14.5 Å². The van der Waals surface area contributed by atoms with Gasteiger partial charge in [-0.25, -0.2) is 13.8 Å². The zero-order chi connectivity index (χ0) is 13.8. The molecule has 0 aliphatic heterocycles. The van der Waals surface area contributed by atoms with Gasteiger partial charge < -0.3 is 5.32 Å². The summed E-state index contributed by atoms with van der Waals surface area (Å²) in [6.07, 6.45) is -0.828. The van der Waals surface area contributed by atoms with Crippen LogP contribution in [0.3, 0.4) is 0 Å². The monoisotopic (exact) mass is 282 g/mol. The predicted octanol–water partition coefficient (Wildman–Crippen LogP) is 4.59. The van der Waals surface area contributed by atoms with Crippen molar-refractivity contribution < 1.29 is 8.78 Å². The standard InChI is InChI=1S/C14H13ClF2N2/c1-9-5-12(8-19-13(9)15)18-7-10-3-2-4-11(6-10)14(16)17/h2-6,8,14,18H,7H2,1H3. The van der Waals surface area contributed by atoms with Gasteiger partial charge in [0, 0.05) is 12.1 Å². The van der Waals surface area contributed by atoms with Crippen molar-refractivity contribution in [3.63, 3.8) is 0 Å².